The van der Waals surface area contributed by atoms with Crippen molar-refractivity contribution in [3.05, 3.63) is 30.1 Å². The molecule has 1 heterocycles. The molecule has 0 fully saturated rings. The summed E-state index contributed by atoms with van der Waals surface area (Å²) < 4.78 is 12.4. The molecule has 0 aliphatic heterocycles. The van der Waals surface area contributed by atoms with Crippen molar-refractivity contribution in [2.45, 2.75) is 12.8 Å². The van der Waals surface area contributed by atoms with Gasteiger partial charge in [0.2, 0.25) is 6.29 Å². The maximum atomic E-state index is 5.38. The summed E-state index contributed by atoms with van der Waals surface area (Å²) in [5.74, 6) is 3.31. The highest BCUT2D eigenvalue weighted by Crippen LogP contribution is 2.22. The minimum atomic E-state index is -0.504. The van der Waals surface area contributed by atoms with E-state index >= 15 is 0 Å². The second-order valence-corrected chi connectivity index (χ2v) is 3.55. The van der Waals surface area contributed by atoms with E-state index < -0.39 is 6.29 Å². The molecule has 0 aliphatic rings. The van der Waals surface area contributed by atoms with E-state index in [0.29, 0.717) is 12.4 Å². The number of methoxy groups -OCH3 is 2. The number of para-hydroxylation sites is 2. The van der Waals surface area contributed by atoms with E-state index in [9.17, 15) is 0 Å². The van der Waals surface area contributed by atoms with Gasteiger partial charge in [0.25, 0.3) is 0 Å². The molecular formula is C13H14N2O2. The first-order valence-corrected chi connectivity index (χ1v) is 5.26. The van der Waals surface area contributed by atoms with E-state index in [-0.39, 0.29) is 0 Å². The number of aromatic nitrogens is 2. The fourth-order valence-corrected chi connectivity index (χ4v) is 1.84. The van der Waals surface area contributed by atoms with Crippen LogP contribution in [0.1, 0.15) is 12.1 Å². The first-order chi connectivity index (χ1) is 8.31. The lowest BCUT2D eigenvalue weighted by Crippen LogP contribution is -2.12. The van der Waals surface area contributed by atoms with Crippen molar-refractivity contribution in [2.24, 2.45) is 0 Å². The Labute approximate surface area is 100 Å². The molecule has 88 valence electrons. The van der Waals surface area contributed by atoms with Gasteiger partial charge in [0, 0.05) is 14.2 Å². The van der Waals surface area contributed by atoms with Gasteiger partial charge in [-0.1, -0.05) is 18.1 Å². The molecule has 17 heavy (non-hydrogen) atoms. The Balaban J connectivity index is 2.61. The Kier molecular flexibility index (Phi) is 3.43. The number of hydrogen-bond donors (Lipinski definition) is 0. The molecule has 0 radical (unpaired) electrons. The Morgan fingerprint density at radius 1 is 1.35 bits per heavy atom. The second-order valence-electron chi connectivity index (χ2n) is 3.55. The fraction of sp³-hybridized carbons (Fsp3) is 0.308. The van der Waals surface area contributed by atoms with Crippen molar-refractivity contribution in [1.29, 1.82) is 0 Å². The normalized spacial score (nSPS) is 10.9. The summed E-state index contributed by atoms with van der Waals surface area (Å²) in [6.07, 6.45) is 4.88. The Hall–Kier alpha value is -1.83. The zero-order valence-electron chi connectivity index (χ0n) is 9.88. The van der Waals surface area contributed by atoms with Crippen molar-refractivity contribution in [1.82, 2.24) is 9.55 Å². The number of fused-ring (bicyclic) bond motifs is 1. The van der Waals surface area contributed by atoms with Crippen LogP contribution in [0.2, 0.25) is 0 Å². The topological polar surface area (TPSA) is 36.3 Å². The largest absolute Gasteiger partial charge is 0.349 e. The van der Waals surface area contributed by atoms with Gasteiger partial charge in [0.15, 0.2) is 5.82 Å². The summed E-state index contributed by atoms with van der Waals surface area (Å²) in [5.41, 5.74) is 1.87. The summed E-state index contributed by atoms with van der Waals surface area (Å²) in [6.45, 7) is 0.444. The number of nitrogens with zero attached hydrogens (tertiary/aromatic N) is 2. The number of hydrogen-bond acceptors (Lipinski definition) is 3. The zero-order valence-corrected chi connectivity index (χ0v) is 9.88. The molecule has 0 spiro atoms. The molecule has 0 bridgehead atoms. The summed E-state index contributed by atoms with van der Waals surface area (Å²) in [7, 11) is 3.15. The van der Waals surface area contributed by atoms with Gasteiger partial charge >= 0.3 is 0 Å². The molecule has 0 saturated carbocycles. The van der Waals surface area contributed by atoms with E-state index in [1.54, 1.807) is 14.2 Å². The van der Waals surface area contributed by atoms with Crippen molar-refractivity contribution in [2.75, 3.05) is 14.2 Å². The van der Waals surface area contributed by atoms with Crippen LogP contribution < -0.4 is 0 Å². The fourth-order valence-electron chi connectivity index (χ4n) is 1.84. The van der Waals surface area contributed by atoms with Crippen molar-refractivity contribution >= 4 is 11.0 Å². The quantitative estimate of drug-likeness (QED) is 0.595. The van der Waals surface area contributed by atoms with Gasteiger partial charge < -0.3 is 14.0 Å². The summed E-state index contributed by atoms with van der Waals surface area (Å²) in [4.78, 5) is 4.49. The molecule has 0 N–H and O–H groups in total. The minimum absolute atomic E-state index is 0.444. The van der Waals surface area contributed by atoms with Gasteiger partial charge in [0.1, 0.15) is 0 Å². The third kappa shape index (κ3) is 2.03. The van der Waals surface area contributed by atoms with Gasteiger partial charge in [-0.2, -0.15) is 0 Å². The average Bonchev–Trinajstić information content (AvgIpc) is 2.71. The molecule has 0 amide bonds. The van der Waals surface area contributed by atoms with E-state index in [2.05, 4.69) is 10.9 Å². The molecule has 2 rings (SSSR count). The highest BCUT2D eigenvalue weighted by atomic mass is 16.7. The molecule has 0 atom stereocenters. The number of imidazole rings is 1. The van der Waals surface area contributed by atoms with Crippen LogP contribution in [-0.2, 0) is 16.0 Å². The number of ether oxygens (including phenoxy) is 2. The van der Waals surface area contributed by atoms with Gasteiger partial charge in [-0.15, -0.1) is 6.42 Å². The monoisotopic (exact) mass is 230 g/mol. The Bertz CT molecular complexity index is 550. The van der Waals surface area contributed by atoms with E-state index in [4.69, 9.17) is 15.9 Å². The molecule has 4 nitrogen and oxygen atoms in total. The lowest BCUT2D eigenvalue weighted by molar-refractivity contribution is -0.112. The van der Waals surface area contributed by atoms with Crippen LogP contribution in [0.5, 0.6) is 0 Å². The second kappa shape index (κ2) is 5.00. The van der Waals surface area contributed by atoms with Gasteiger partial charge in [0.05, 0.1) is 17.6 Å². The first-order valence-electron chi connectivity index (χ1n) is 5.26. The van der Waals surface area contributed by atoms with Crippen LogP contribution >= 0.6 is 0 Å². The maximum Gasteiger partial charge on any atom is 0.216 e. The summed E-state index contributed by atoms with van der Waals surface area (Å²) in [5, 5.41) is 0. The summed E-state index contributed by atoms with van der Waals surface area (Å²) in [6, 6.07) is 7.81. The van der Waals surface area contributed by atoms with Crippen LogP contribution in [0.25, 0.3) is 11.0 Å². The highest BCUT2D eigenvalue weighted by Gasteiger charge is 2.18. The van der Waals surface area contributed by atoms with E-state index in [1.165, 1.54) is 0 Å². The van der Waals surface area contributed by atoms with Crippen LogP contribution in [-0.4, -0.2) is 23.8 Å². The number of terminal acetylenes is 1. The predicted octanol–water partition coefficient (Wildman–Crippen LogP) is 1.96. The lowest BCUT2D eigenvalue weighted by atomic mass is 10.3. The van der Waals surface area contributed by atoms with Gasteiger partial charge in [-0.05, 0) is 12.1 Å². The van der Waals surface area contributed by atoms with E-state index in [0.717, 1.165) is 11.0 Å². The average molecular weight is 230 g/mol. The highest BCUT2D eigenvalue weighted by molar-refractivity contribution is 5.76. The van der Waals surface area contributed by atoms with Crippen molar-refractivity contribution in [3.63, 3.8) is 0 Å². The number of benzene rings is 1. The van der Waals surface area contributed by atoms with Crippen molar-refractivity contribution < 1.29 is 9.47 Å². The maximum absolute atomic E-state index is 5.38. The first kappa shape index (κ1) is 11.6. The number of rotatable bonds is 4. The van der Waals surface area contributed by atoms with Gasteiger partial charge in [-0.25, -0.2) is 4.98 Å². The Morgan fingerprint density at radius 3 is 2.71 bits per heavy atom. The molecule has 4 heteroatoms. The van der Waals surface area contributed by atoms with Crippen molar-refractivity contribution in [3.8, 4) is 12.3 Å². The summed E-state index contributed by atoms with van der Waals surface area (Å²) >= 11 is 0. The van der Waals surface area contributed by atoms with Crippen LogP contribution in [0.4, 0.5) is 0 Å². The van der Waals surface area contributed by atoms with Crippen LogP contribution in [0.3, 0.4) is 0 Å². The lowest BCUT2D eigenvalue weighted by Gasteiger charge is -2.13. The molecule has 1 aromatic heterocycles. The molecule has 0 aliphatic carbocycles. The molecule has 1 aromatic carbocycles. The standard InChI is InChI=1S/C13H14N2O2/c1-4-9-15-11-8-6-5-7-10(11)14-12(15)13(16-2)17-3/h1,5-8,13H,9H2,2-3H3. The molecule has 2 aromatic rings. The van der Waals surface area contributed by atoms with Crippen LogP contribution in [0.15, 0.2) is 24.3 Å². The smallest absolute Gasteiger partial charge is 0.216 e. The van der Waals surface area contributed by atoms with Gasteiger partial charge in [-0.3, -0.25) is 0 Å². The minimum Gasteiger partial charge on any atom is -0.349 e. The third-order valence-electron chi connectivity index (χ3n) is 2.57. The zero-order chi connectivity index (χ0) is 12.3. The van der Waals surface area contributed by atoms with E-state index in [1.807, 2.05) is 28.8 Å². The van der Waals surface area contributed by atoms with Crippen LogP contribution in [0, 0.1) is 12.3 Å². The Morgan fingerprint density at radius 2 is 2.06 bits per heavy atom. The molecule has 0 saturated heterocycles. The third-order valence-corrected chi connectivity index (χ3v) is 2.57. The predicted molar refractivity (Wildman–Crippen MR) is 65.3 cm³/mol. The molecular weight excluding hydrogens is 216 g/mol. The SMILES string of the molecule is C#CCn1c(C(OC)OC)nc2ccccc21. The molecule has 0 unspecified atom stereocenters.